The third kappa shape index (κ3) is 1.59. The highest BCUT2D eigenvalue weighted by atomic mass is 15.0. The molecule has 1 heterocycles. The molecule has 2 aromatic rings. The van der Waals surface area contributed by atoms with Gasteiger partial charge >= 0.3 is 0 Å². The molecular formula is C13H13N3. The Bertz CT molecular complexity index is 486. The molecule has 0 unspecified atom stereocenters. The maximum Gasteiger partial charge on any atom is 0.148 e. The third-order valence-corrected chi connectivity index (χ3v) is 2.99. The molecule has 2 N–H and O–H groups in total. The summed E-state index contributed by atoms with van der Waals surface area (Å²) in [6.45, 7) is 0. The fourth-order valence-corrected chi connectivity index (χ4v) is 1.72. The normalized spacial score (nSPS) is 17.1. The van der Waals surface area contributed by atoms with Crippen LogP contribution in [0.1, 0.15) is 18.7 Å². The lowest BCUT2D eigenvalue weighted by atomic mass is 10.1. The van der Waals surface area contributed by atoms with Gasteiger partial charge < -0.3 is 5.73 Å². The van der Waals surface area contributed by atoms with E-state index in [0.717, 1.165) is 29.8 Å². The van der Waals surface area contributed by atoms with Gasteiger partial charge in [-0.15, -0.1) is 0 Å². The number of hydrogen-bond acceptors (Lipinski definition) is 3. The van der Waals surface area contributed by atoms with Crippen LogP contribution in [0.25, 0.3) is 11.1 Å². The van der Waals surface area contributed by atoms with Crippen LogP contribution in [0.3, 0.4) is 0 Å². The molecule has 0 saturated heterocycles. The Kier molecular flexibility index (Phi) is 2.01. The van der Waals surface area contributed by atoms with E-state index in [1.165, 1.54) is 0 Å². The number of benzene rings is 1. The zero-order valence-corrected chi connectivity index (χ0v) is 8.93. The second kappa shape index (κ2) is 3.39. The first-order chi connectivity index (χ1) is 7.78. The topological polar surface area (TPSA) is 51.8 Å². The van der Waals surface area contributed by atoms with E-state index in [1.807, 2.05) is 42.7 Å². The van der Waals surface area contributed by atoms with Crippen LogP contribution in [0, 0.1) is 0 Å². The maximum atomic E-state index is 6.03. The van der Waals surface area contributed by atoms with Crippen molar-refractivity contribution in [2.75, 3.05) is 0 Å². The second-order valence-electron chi connectivity index (χ2n) is 4.32. The van der Waals surface area contributed by atoms with Crippen molar-refractivity contribution in [1.82, 2.24) is 9.97 Å². The number of aromatic nitrogens is 2. The molecule has 3 heteroatoms. The number of nitrogens with zero attached hydrogens (tertiary/aromatic N) is 2. The summed E-state index contributed by atoms with van der Waals surface area (Å²) in [5.41, 5.74) is 7.96. The molecule has 0 aliphatic heterocycles. The summed E-state index contributed by atoms with van der Waals surface area (Å²) < 4.78 is 0. The van der Waals surface area contributed by atoms with Crippen LogP contribution in [-0.4, -0.2) is 9.97 Å². The third-order valence-electron chi connectivity index (χ3n) is 2.99. The van der Waals surface area contributed by atoms with Crippen molar-refractivity contribution in [3.8, 4) is 11.1 Å². The molecule has 3 rings (SSSR count). The SMILES string of the molecule is NC1(c2ncc(-c3ccccc3)cn2)CC1. The van der Waals surface area contributed by atoms with Crippen molar-refractivity contribution in [2.24, 2.45) is 5.73 Å². The number of nitrogens with two attached hydrogens (primary N) is 1. The smallest absolute Gasteiger partial charge is 0.148 e. The van der Waals surface area contributed by atoms with Crippen LogP contribution in [0.5, 0.6) is 0 Å². The molecule has 80 valence electrons. The fourth-order valence-electron chi connectivity index (χ4n) is 1.72. The van der Waals surface area contributed by atoms with Gasteiger partial charge in [0.1, 0.15) is 5.82 Å². The zero-order chi connectivity index (χ0) is 11.0. The van der Waals surface area contributed by atoms with E-state index in [0.29, 0.717) is 0 Å². The molecule has 1 saturated carbocycles. The lowest BCUT2D eigenvalue weighted by Crippen LogP contribution is -2.21. The molecule has 0 bridgehead atoms. The van der Waals surface area contributed by atoms with Crippen molar-refractivity contribution in [1.29, 1.82) is 0 Å². The summed E-state index contributed by atoms with van der Waals surface area (Å²) in [4.78, 5) is 8.71. The Morgan fingerprint density at radius 2 is 1.56 bits per heavy atom. The van der Waals surface area contributed by atoms with Gasteiger partial charge in [-0.2, -0.15) is 0 Å². The van der Waals surface area contributed by atoms with Crippen molar-refractivity contribution in [2.45, 2.75) is 18.4 Å². The van der Waals surface area contributed by atoms with Gasteiger partial charge in [0.15, 0.2) is 0 Å². The van der Waals surface area contributed by atoms with Crippen LogP contribution in [-0.2, 0) is 5.54 Å². The summed E-state index contributed by atoms with van der Waals surface area (Å²) in [7, 11) is 0. The van der Waals surface area contributed by atoms with Crippen LogP contribution in [0.15, 0.2) is 42.7 Å². The molecular weight excluding hydrogens is 198 g/mol. The molecule has 16 heavy (non-hydrogen) atoms. The minimum absolute atomic E-state index is 0.241. The first-order valence-electron chi connectivity index (χ1n) is 5.45. The summed E-state index contributed by atoms with van der Waals surface area (Å²) in [6, 6.07) is 10.1. The minimum atomic E-state index is -0.241. The van der Waals surface area contributed by atoms with E-state index in [-0.39, 0.29) is 5.54 Å². The van der Waals surface area contributed by atoms with Crippen LogP contribution < -0.4 is 5.73 Å². The standard InChI is InChI=1S/C13H13N3/c14-13(6-7-13)12-15-8-11(9-16-12)10-4-2-1-3-5-10/h1-5,8-9H,6-7,14H2. The van der Waals surface area contributed by atoms with E-state index in [4.69, 9.17) is 5.73 Å². The minimum Gasteiger partial charge on any atom is -0.319 e. The van der Waals surface area contributed by atoms with Crippen molar-refractivity contribution >= 4 is 0 Å². The van der Waals surface area contributed by atoms with E-state index in [2.05, 4.69) is 9.97 Å². The summed E-state index contributed by atoms with van der Waals surface area (Å²) in [6.07, 6.45) is 5.70. The van der Waals surface area contributed by atoms with Gasteiger partial charge in [-0.05, 0) is 18.4 Å². The van der Waals surface area contributed by atoms with Gasteiger partial charge in [0.05, 0.1) is 5.54 Å². The number of hydrogen-bond donors (Lipinski definition) is 1. The highest BCUT2D eigenvalue weighted by molar-refractivity contribution is 5.61. The van der Waals surface area contributed by atoms with Gasteiger partial charge in [0.25, 0.3) is 0 Å². The van der Waals surface area contributed by atoms with Crippen molar-refractivity contribution in [3.63, 3.8) is 0 Å². The second-order valence-corrected chi connectivity index (χ2v) is 4.32. The lowest BCUT2D eigenvalue weighted by Gasteiger charge is -2.07. The molecule has 0 atom stereocenters. The Morgan fingerprint density at radius 1 is 0.938 bits per heavy atom. The van der Waals surface area contributed by atoms with Gasteiger partial charge in [0, 0.05) is 18.0 Å². The highest BCUT2D eigenvalue weighted by Gasteiger charge is 2.42. The molecule has 1 aromatic heterocycles. The summed E-state index contributed by atoms with van der Waals surface area (Å²) in [5.74, 6) is 0.771. The molecule has 1 aromatic carbocycles. The Labute approximate surface area is 94.4 Å². The lowest BCUT2D eigenvalue weighted by molar-refractivity contribution is 0.672. The van der Waals surface area contributed by atoms with Crippen LogP contribution in [0.2, 0.25) is 0 Å². The monoisotopic (exact) mass is 211 g/mol. The molecule has 1 aliphatic carbocycles. The first-order valence-corrected chi connectivity index (χ1v) is 5.45. The molecule has 1 fully saturated rings. The maximum absolute atomic E-state index is 6.03. The van der Waals surface area contributed by atoms with Gasteiger partial charge in [-0.1, -0.05) is 30.3 Å². The zero-order valence-electron chi connectivity index (χ0n) is 8.93. The molecule has 0 radical (unpaired) electrons. The molecule has 0 spiro atoms. The van der Waals surface area contributed by atoms with E-state index in [9.17, 15) is 0 Å². The van der Waals surface area contributed by atoms with Gasteiger partial charge in [-0.3, -0.25) is 0 Å². The quantitative estimate of drug-likeness (QED) is 0.827. The molecule has 3 nitrogen and oxygen atoms in total. The predicted octanol–water partition coefficient (Wildman–Crippen LogP) is 2.09. The highest BCUT2D eigenvalue weighted by Crippen LogP contribution is 2.40. The van der Waals surface area contributed by atoms with Crippen LogP contribution >= 0.6 is 0 Å². The van der Waals surface area contributed by atoms with Crippen molar-refractivity contribution in [3.05, 3.63) is 48.5 Å². The molecule has 0 amide bonds. The van der Waals surface area contributed by atoms with E-state index < -0.39 is 0 Å². The largest absolute Gasteiger partial charge is 0.319 e. The van der Waals surface area contributed by atoms with Crippen LogP contribution in [0.4, 0.5) is 0 Å². The average Bonchev–Trinajstić information content (AvgIpc) is 3.10. The van der Waals surface area contributed by atoms with Gasteiger partial charge in [0.2, 0.25) is 0 Å². The van der Waals surface area contributed by atoms with Crippen molar-refractivity contribution < 1.29 is 0 Å². The first kappa shape index (κ1) is 9.48. The summed E-state index contributed by atoms with van der Waals surface area (Å²) >= 11 is 0. The predicted molar refractivity (Wildman–Crippen MR) is 62.6 cm³/mol. The molecule has 1 aliphatic rings. The summed E-state index contributed by atoms with van der Waals surface area (Å²) in [5, 5.41) is 0. The number of rotatable bonds is 2. The van der Waals surface area contributed by atoms with Gasteiger partial charge in [-0.25, -0.2) is 9.97 Å². The Balaban J connectivity index is 1.94. The Hall–Kier alpha value is -1.74. The fraction of sp³-hybridized carbons (Fsp3) is 0.231. The van der Waals surface area contributed by atoms with E-state index >= 15 is 0 Å². The average molecular weight is 211 g/mol. The van der Waals surface area contributed by atoms with E-state index in [1.54, 1.807) is 0 Å². The Morgan fingerprint density at radius 3 is 2.12 bits per heavy atom.